The smallest absolute Gasteiger partial charge is 0.394 e. The van der Waals surface area contributed by atoms with Gasteiger partial charge in [0, 0.05) is 0 Å². The maximum absolute atomic E-state index is 8.88. The van der Waals surface area contributed by atoms with Gasteiger partial charge in [0.2, 0.25) is 0 Å². The van der Waals surface area contributed by atoms with Gasteiger partial charge in [-0.05, 0) is 27.8 Å². The second-order valence-electron chi connectivity index (χ2n) is 17.0. The van der Waals surface area contributed by atoms with Gasteiger partial charge in [-0.2, -0.15) is 0 Å². The van der Waals surface area contributed by atoms with Crippen molar-refractivity contribution in [3.05, 3.63) is 179 Å². The average Bonchev–Trinajstić information content (AvgIpc) is 2.48. The van der Waals surface area contributed by atoms with Gasteiger partial charge in [0.05, 0.1) is 99.1 Å². The van der Waals surface area contributed by atoms with Gasteiger partial charge in [-0.1, -0.05) is 152 Å². The molecule has 45 heteroatoms. The van der Waals surface area contributed by atoms with Crippen molar-refractivity contribution in [1.82, 2.24) is 0 Å². The van der Waals surface area contributed by atoms with Crippen LogP contribution in [-0.2, 0) is 84.1 Å². The van der Waals surface area contributed by atoms with Crippen LogP contribution in [0.15, 0.2) is 152 Å². The van der Waals surface area contributed by atoms with E-state index in [2.05, 4.69) is 0 Å². The van der Waals surface area contributed by atoms with Gasteiger partial charge >= 0.3 is 46.9 Å². The first kappa shape index (κ1) is 102. The summed E-state index contributed by atoms with van der Waals surface area (Å²) in [5, 5.41) is 87.2. The highest BCUT2D eigenvalue weighted by Crippen LogP contribution is 2.28. The highest BCUT2D eigenvalue weighted by atomic mass is 31.2. The molecule has 0 saturated carbocycles. The topological polar surface area (TPSA) is 715 Å². The fourth-order valence-electron chi connectivity index (χ4n) is 4.76. The number of aliphatic hydroxyl groups is 10. The Hall–Kier alpha value is -3.84. The van der Waals surface area contributed by atoms with Gasteiger partial charge in [-0.15, -0.1) is 0 Å². The molecule has 0 aliphatic rings. The summed E-state index contributed by atoms with van der Waals surface area (Å²) in [6, 6.07) is 48.2. The molecule has 5 aromatic rings. The zero-order valence-electron chi connectivity index (χ0n) is 50.1. The molecule has 0 fully saturated rings. The number of aliphatic hydroxyl groups excluding tert-OH is 10. The molecule has 0 radical (unpaired) electrons. The molecule has 0 heterocycles. The van der Waals surface area contributed by atoms with Crippen molar-refractivity contribution >= 4 is 46.9 Å². The summed E-state index contributed by atoms with van der Waals surface area (Å²) < 4.78 is 79.4. The van der Waals surface area contributed by atoms with Crippen LogP contribution in [0.2, 0.25) is 0 Å². The van der Waals surface area contributed by atoms with Gasteiger partial charge in [-0.25, -0.2) is 27.4 Å². The van der Waals surface area contributed by atoms with Crippen LogP contribution in [0.1, 0.15) is 27.8 Å². The minimum atomic E-state index is -4.64. The molecule has 0 atom stereocenters. The maximum atomic E-state index is 8.88. The van der Waals surface area contributed by atoms with Crippen LogP contribution in [0.3, 0.4) is 0 Å². The lowest BCUT2D eigenvalue weighted by Crippen LogP contribution is -2.21. The largest absolute Gasteiger partial charge is 0.466 e. The third-order valence-electron chi connectivity index (χ3n) is 8.68. The Kier molecular flexibility index (Phi) is 67.1. The summed E-state index contributed by atoms with van der Waals surface area (Å²) in [5.74, 6) is 0. The normalized spacial score (nSPS) is 11.0. The molecule has 0 spiro atoms. The Morgan fingerprint density at radius 3 is 0.358 bits per heavy atom. The van der Waals surface area contributed by atoms with Crippen molar-refractivity contribution in [2.45, 2.75) is 63.6 Å². The summed E-state index contributed by atoms with van der Waals surface area (Å²) >= 11 is 0. The Morgan fingerprint density at radius 2 is 0.284 bits per heavy atom. The van der Waals surface area contributed by atoms with Crippen LogP contribution in [0.4, 0.5) is 0 Å². The highest BCUT2D eigenvalue weighted by Gasteiger charge is 2.10. The Balaban J connectivity index is -0.000000236. The van der Waals surface area contributed by atoms with E-state index in [-0.39, 0.29) is 66.1 Å². The van der Waals surface area contributed by atoms with Crippen molar-refractivity contribution in [2.75, 3.05) is 66.1 Å². The number of phosphoric acid groups is 6. The Labute approximate surface area is 544 Å². The summed E-state index contributed by atoms with van der Waals surface area (Å²) in [6.45, 7) is 0.621. The third kappa shape index (κ3) is 106. The van der Waals surface area contributed by atoms with Crippen LogP contribution in [0, 0.1) is 0 Å². The van der Waals surface area contributed by atoms with E-state index >= 15 is 0 Å². The van der Waals surface area contributed by atoms with E-state index in [4.69, 9.17) is 190 Å². The van der Waals surface area contributed by atoms with Crippen LogP contribution < -0.4 is 0 Å². The maximum Gasteiger partial charge on any atom is 0.466 e. The summed E-state index contributed by atoms with van der Waals surface area (Å²) in [6.07, 6.45) is -2.36. The first-order valence-corrected chi connectivity index (χ1v) is 35.3. The molecule has 0 aromatic heterocycles. The van der Waals surface area contributed by atoms with Crippen LogP contribution >= 0.6 is 46.9 Å². The predicted octanol–water partition coefficient (Wildman–Crippen LogP) is -2.79. The van der Waals surface area contributed by atoms with E-state index in [0.717, 1.165) is 27.8 Å². The summed E-state index contributed by atoms with van der Waals surface area (Å²) in [4.78, 5) is 129. The number of rotatable bonds is 25. The molecule has 0 aliphatic heterocycles. The van der Waals surface area contributed by atoms with Crippen molar-refractivity contribution in [1.29, 1.82) is 0 Å². The van der Waals surface area contributed by atoms with Crippen LogP contribution in [-0.4, -0.2) is 236 Å². The van der Waals surface area contributed by atoms with Gasteiger partial charge in [0.15, 0.2) is 0 Å². The predicted molar refractivity (Wildman–Crippen MR) is 332 cm³/mol. The average molecular weight is 1500 g/mol. The number of ether oxygens (including phenoxy) is 5. The van der Waals surface area contributed by atoms with Gasteiger partial charge in [0.1, 0.15) is 30.5 Å². The van der Waals surface area contributed by atoms with Gasteiger partial charge in [-0.3, -0.25) is 0 Å². The van der Waals surface area contributed by atoms with Crippen molar-refractivity contribution in [2.24, 2.45) is 0 Å². The Bertz CT molecular complexity index is 2240. The molecule has 0 amide bonds. The van der Waals surface area contributed by atoms with Crippen molar-refractivity contribution in [3.63, 3.8) is 0 Å². The lowest BCUT2D eigenvalue weighted by molar-refractivity contribution is -0.0285. The Morgan fingerprint density at radius 1 is 0.200 bits per heavy atom. The minimum Gasteiger partial charge on any atom is -0.394 e. The second kappa shape index (κ2) is 62.4. The van der Waals surface area contributed by atoms with E-state index in [0.29, 0.717) is 33.0 Å². The van der Waals surface area contributed by atoms with Crippen LogP contribution in [0.25, 0.3) is 0 Å². The summed E-state index contributed by atoms with van der Waals surface area (Å²) in [7, 11) is -27.8. The van der Waals surface area contributed by atoms with E-state index < -0.39 is 77.5 Å². The second-order valence-corrected chi connectivity index (χ2v) is 23.2. The molecular weight excluding hydrogens is 1410 g/mol. The van der Waals surface area contributed by atoms with Crippen molar-refractivity contribution in [3.8, 4) is 0 Å². The van der Waals surface area contributed by atoms with E-state index in [1.807, 2.05) is 152 Å². The molecule has 552 valence electrons. The van der Waals surface area contributed by atoms with Gasteiger partial charge in [0.25, 0.3) is 0 Å². The highest BCUT2D eigenvalue weighted by molar-refractivity contribution is 7.46. The van der Waals surface area contributed by atoms with E-state index in [1.165, 1.54) is 0 Å². The molecule has 0 bridgehead atoms. The first-order valence-electron chi connectivity index (χ1n) is 25.9. The zero-order chi connectivity index (χ0) is 74.6. The van der Waals surface area contributed by atoms with Gasteiger partial charge < -0.3 is 163 Å². The molecule has 0 unspecified atom stereocenters. The third-order valence-corrected chi connectivity index (χ3v) is 8.68. The SMILES string of the molecule is O=P(O)(O)O.O=P(O)(O)O.O=P(O)(O)O.O=P(O)(O)O.O=P(O)(O)O.O=P(O)(O)O.OCC(CO)OCc1ccccc1.OCC(CO)OCc1ccccc1.OCC(CO)OCc1ccccc1.OCC(CO)OCc1ccccc1.OCC(CO)OCc1ccccc1. The first-order chi connectivity index (χ1) is 43.8. The summed E-state index contributed by atoms with van der Waals surface area (Å²) in [5.41, 5.74) is 5.18. The number of hydrogen-bond acceptors (Lipinski definition) is 21. The molecule has 28 N–H and O–H groups in total. The molecule has 5 rings (SSSR count). The van der Waals surface area contributed by atoms with E-state index in [1.54, 1.807) is 0 Å². The molecule has 5 aromatic carbocycles. The number of hydrogen-bond donors (Lipinski definition) is 28. The molecule has 0 saturated heterocycles. The lowest BCUT2D eigenvalue weighted by atomic mass is 10.2. The molecular formula is C50H88O39P6. The standard InChI is InChI=1S/5C10H14O3.6H3O4P/c5*11-6-10(7-12)13-8-9-4-2-1-3-5-9;6*1-5(2,3)4/h5*1-5,10-12H,6-8H2;6*(H3,1,2,3,4). The fourth-order valence-corrected chi connectivity index (χ4v) is 4.76. The van der Waals surface area contributed by atoms with E-state index in [9.17, 15) is 0 Å². The molecule has 95 heavy (non-hydrogen) atoms. The lowest BCUT2D eigenvalue weighted by Gasteiger charge is -2.11. The zero-order valence-corrected chi connectivity index (χ0v) is 55.5. The van der Waals surface area contributed by atoms with Crippen molar-refractivity contribution < 1.29 is 190 Å². The quantitative estimate of drug-likeness (QED) is 0.0263. The fraction of sp³-hybridized carbons (Fsp3) is 0.400. The minimum absolute atomic E-state index is 0.149. The number of benzene rings is 5. The molecule has 0 aliphatic carbocycles. The van der Waals surface area contributed by atoms with Crippen LogP contribution in [0.5, 0.6) is 0 Å². The molecule has 39 nitrogen and oxygen atoms in total. The monoisotopic (exact) mass is 1500 g/mol.